The van der Waals surface area contributed by atoms with Gasteiger partial charge in [0, 0.05) is 0 Å². The highest BCUT2D eigenvalue weighted by molar-refractivity contribution is 5.78. The Labute approximate surface area is 236 Å². The molecule has 0 spiro atoms. The second-order valence-electron chi connectivity index (χ2n) is 11.6. The topological polar surface area (TPSA) is 46.5 Å². The average Bonchev–Trinajstić information content (AvgIpc) is 2.92. The molecular weight excluding hydrogens is 468 g/mol. The standard InChI is InChI=1S/C35H62O3/c1-5-8-11-12-13-14-15-16-17-18-19-20-21-22-23-24-27-38-35(37)30(4)33-28-31(25-9-6-2)34(36)32(29-33)26-10-7-3/h28-30,36H,5-27H2,1-4H3. The number of rotatable bonds is 25. The number of unbranched alkanes of at least 4 members (excludes halogenated alkanes) is 17. The van der Waals surface area contributed by atoms with Crippen molar-refractivity contribution < 1.29 is 14.6 Å². The summed E-state index contributed by atoms with van der Waals surface area (Å²) >= 11 is 0. The fourth-order valence-electron chi connectivity index (χ4n) is 5.24. The molecule has 0 saturated heterocycles. The van der Waals surface area contributed by atoms with Gasteiger partial charge in [-0.25, -0.2) is 0 Å². The van der Waals surface area contributed by atoms with Crippen LogP contribution in [0.15, 0.2) is 12.1 Å². The van der Waals surface area contributed by atoms with Crippen LogP contribution in [0.25, 0.3) is 0 Å². The van der Waals surface area contributed by atoms with Crippen LogP contribution in [-0.4, -0.2) is 17.7 Å². The van der Waals surface area contributed by atoms with Gasteiger partial charge in [0.25, 0.3) is 0 Å². The minimum absolute atomic E-state index is 0.139. The molecule has 0 radical (unpaired) electrons. The van der Waals surface area contributed by atoms with Crippen molar-refractivity contribution in [1.29, 1.82) is 0 Å². The molecule has 1 atom stereocenters. The number of benzene rings is 1. The van der Waals surface area contributed by atoms with E-state index in [2.05, 4.69) is 20.8 Å². The third-order valence-corrected chi connectivity index (χ3v) is 7.99. The number of hydrogen-bond acceptors (Lipinski definition) is 3. The first-order valence-electron chi connectivity index (χ1n) is 16.6. The van der Waals surface area contributed by atoms with Gasteiger partial charge < -0.3 is 9.84 Å². The van der Waals surface area contributed by atoms with Crippen molar-refractivity contribution in [2.75, 3.05) is 6.61 Å². The zero-order valence-electron chi connectivity index (χ0n) is 25.8. The summed E-state index contributed by atoms with van der Waals surface area (Å²) in [6, 6.07) is 4.06. The van der Waals surface area contributed by atoms with Gasteiger partial charge in [0.1, 0.15) is 5.75 Å². The van der Waals surface area contributed by atoms with Crippen molar-refractivity contribution in [3.8, 4) is 5.75 Å². The molecule has 0 saturated carbocycles. The molecule has 1 aromatic rings. The van der Waals surface area contributed by atoms with Gasteiger partial charge in [-0.1, -0.05) is 142 Å². The van der Waals surface area contributed by atoms with Crippen molar-refractivity contribution >= 4 is 5.97 Å². The number of carbonyl (C=O) groups is 1. The number of aromatic hydroxyl groups is 1. The lowest BCUT2D eigenvalue weighted by Gasteiger charge is -2.17. The van der Waals surface area contributed by atoms with Gasteiger partial charge in [0.05, 0.1) is 12.5 Å². The van der Waals surface area contributed by atoms with Gasteiger partial charge in [-0.2, -0.15) is 0 Å². The average molecular weight is 531 g/mol. The number of ether oxygens (including phenoxy) is 1. The molecule has 0 fully saturated rings. The van der Waals surface area contributed by atoms with E-state index < -0.39 is 0 Å². The molecule has 38 heavy (non-hydrogen) atoms. The van der Waals surface area contributed by atoms with Crippen molar-refractivity contribution in [2.45, 2.75) is 175 Å². The maximum absolute atomic E-state index is 12.8. The zero-order chi connectivity index (χ0) is 27.8. The second kappa shape index (κ2) is 23.4. The molecule has 0 bridgehead atoms. The monoisotopic (exact) mass is 530 g/mol. The van der Waals surface area contributed by atoms with Crippen LogP contribution in [0.4, 0.5) is 0 Å². The number of aryl methyl sites for hydroxylation is 2. The Hall–Kier alpha value is -1.51. The molecule has 0 aromatic heterocycles. The lowest BCUT2D eigenvalue weighted by Crippen LogP contribution is -2.14. The third-order valence-electron chi connectivity index (χ3n) is 7.99. The van der Waals surface area contributed by atoms with Crippen LogP contribution in [0.2, 0.25) is 0 Å². The minimum Gasteiger partial charge on any atom is -0.507 e. The van der Waals surface area contributed by atoms with Crippen LogP contribution in [0.3, 0.4) is 0 Å². The number of hydrogen-bond donors (Lipinski definition) is 1. The molecule has 1 aromatic carbocycles. The summed E-state index contributed by atoms with van der Waals surface area (Å²) in [6.45, 7) is 9.07. The molecule has 0 aliphatic rings. The largest absolute Gasteiger partial charge is 0.507 e. The Morgan fingerprint density at radius 2 is 1.00 bits per heavy atom. The summed E-state index contributed by atoms with van der Waals surface area (Å²) in [6.07, 6.45) is 27.5. The Bertz CT molecular complexity index is 682. The molecule has 0 heterocycles. The van der Waals surface area contributed by atoms with Crippen molar-refractivity contribution in [1.82, 2.24) is 0 Å². The number of phenolic OH excluding ortho intramolecular Hbond substituents is 1. The van der Waals surface area contributed by atoms with Crippen molar-refractivity contribution in [3.05, 3.63) is 28.8 Å². The quantitative estimate of drug-likeness (QED) is 0.101. The molecule has 3 heteroatoms. The fourth-order valence-corrected chi connectivity index (χ4v) is 5.24. The summed E-state index contributed by atoms with van der Waals surface area (Å²) in [4.78, 5) is 12.8. The first kappa shape index (κ1) is 34.5. The first-order chi connectivity index (χ1) is 18.5. The smallest absolute Gasteiger partial charge is 0.313 e. The molecule has 1 rings (SSSR count). The summed E-state index contributed by atoms with van der Waals surface area (Å²) in [5.41, 5.74) is 2.94. The molecule has 0 amide bonds. The molecule has 1 N–H and O–H groups in total. The Morgan fingerprint density at radius 3 is 1.39 bits per heavy atom. The van der Waals surface area contributed by atoms with Crippen molar-refractivity contribution in [3.63, 3.8) is 0 Å². The van der Waals surface area contributed by atoms with E-state index in [1.54, 1.807) is 0 Å². The minimum atomic E-state index is -0.294. The summed E-state index contributed by atoms with van der Waals surface area (Å²) < 4.78 is 5.65. The molecule has 3 nitrogen and oxygen atoms in total. The maximum atomic E-state index is 12.8. The number of phenols is 1. The molecule has 1 unspecified atom stereocenters. The van der Waals surface area contributed by atoms with E-state index in [4.69, 9.17) is 4.74 Å². The van der Waals surface area contributed by atoms with Crippen LogP contribution < -0.4 is 0 Å². The van der Waals surface area contributed by atoms with Gasteiger partial charge >= 0.3 is 5.97 Å². The Morgan fingerprint density at radius 1 is 0.632 bits per heavy atom. The summed E-state index contributed by atoms with van der Waals surface area (Å²) in [7, 11) is 0. The number of esters is 1. The predicted octanol–water partition coefficient (Wildman–Crippen LogP) is 11.0. The lowest BCUT2D eigenvalue weighted by molar-refractivity contribution is -0.145. The van der Waals surface area contributed by atoms with E-state index in [1.807, 2.05) is 19.1 Å². The van der Waals surface area contributed by atoms with E-state index >= 15 is 0 Å². The first-order valence-corrected chi connectivity index (χ1v) is 16.6. The normalized spacial score (nSPS) is 12.1. The SMILES string of the molecule is CCCCCCCCCCCCCCCCCCOC(=O)C(C)c1cc(CCCC)c(O)c(CCCC)c1. The molecular formula is C35H62O3. The second-order valence-corrected chi connectivity index (χ2v) is 11.6. The van der Waals surface area contributed by atoms with Crippen molar-refractivity contribution in [2.24, 2.45) is 0 Å². The van der Waals surface area contributed by atoms with Gasteiger partial charge in [-0.3, -0.25) is 4.79 Å². The Kier molecular flexibility index (Phi) is 21.2. The highest BCUT2D eigenvalue weighted by atomic mass is 16.5. The van der Waals surface area contributed by atoms with E-state index in [0.717, 1.165) is 68.1 Å². The highest BCUT2D eigenvalue weighted by Gasteiger charge is 2.20. The third kappa shape index (κ3) is 15.8. The van der Waals surface area contributed by atoms with Crippen LogP contribution >= 0.6 is 0 Å². The van der Waals surface area contributed by atoms with Crippen LogP contribution in [0.5, 0.6) is 5.75 Å². The van der Waals surface area contributed by atoms with Crippen LogP contribution in [0.1, 0.15) is 179 Å². The molecule has 0 aliphatic carbocycles. The van der Waals surface area contributed by atoms with Gasteiger partial charge in [0.2, 0.25) is 0 Å². The highest BCUT2D eigenvalue weighted by Crippen LogP contribution is 2.31. The summed E-state index contributed by atoms with van der Waals surface area (Å²) in [5.74, 6) is 0.00123. The van der Waals surface area contributed by atoms with E-state index in [-0.39, 0.29) is 11.9 Å². The zero-order valence-corrected chi connectivity index (χ0v) is 25.8. The predicted molar refractivity (Wildman–Crippen MR) is 164 cm³/mol. The Balaban J connectivity index is 2.18. The van der Waals surface area contributed by atoms with E-state index in [0.29, 0.717) is 12.4 Å². The van der Waals surface area contributed by atoms with E-state index in [1.165, 1.54) is 89.9 Å². The fraction of sp³-hybridized carbons (Fsp3) is 0.800. The van der Waals surface area contributed by atoms with Crippen LogP contribution in [-0.2, 0) is 22.4 Å². The summed E-state index contributed by atoms with van der Waals surface area (Å²) in [5, 5.41) is 10.7. The molecule has 220 valence electrons. The van der Waals surface area contributed by atoms with Gasteiger partial charge in [-0.15, -0.1) is 0 Å². The van der Waals surface area contributed by atoms with Gasteiger partial charge in [-0.05, 0) is 55.7 Å². The maximum Gasteiger partial charge on any atom is 0.313 e. The number of carbonyl (C=O) groups excluding carboxylic acids is 1. The van der Waals surface area contributed by atoms with Gasteiger partial charge in [0.15, 0.2) is 0 Å². The van der Waals surface area contributed by atoms with E-state index in [9.17, 15) is 9.90 Å². The van der Waals surface area contributed by atoms with Crippen LogP contribution in [0, 0.1) is 0 Å². The molecule has 0 aliphatic heterocycles. The lowest BCUT2D eigenvalue weighted by atomic mass is 9.92.